The number of nitrogens with zero attached hydrogens (tertiary/aromatic N) is 2. The van der Waals surface area contributed by atoms with Crippen LogP contribution in [0.3, 0.4) is 0 Å². The molecule has 0 aliphatic heterocycles. The maximum absolute atomic E-state index is 11.0. The molecule has 0 aliphatic carbocycles. The van der Waals surface area contributed by atoms with Gasteiger partial charge < -0.3 is 4.74 Å². The van der Waals surface area contributed by atoms with Crippen molar-refractivity contribution < 1.29 is 9.53 Å². The zero-order valence-corrected chi connectivity index (χ0v) is 8.75. The molecular formula is C12H10N2O2. The first-order valence-electron chi connectivity index (χ1n) is 4.75. The molecule has 0 aliphatic rings. The van der Waals surface area contributed by atoms with Gasteiger partial charge in [0, 0.05) is 24.2 Å². The number of aldehydes is 1. The summed E-state index contributed by atoms with van der Waals surface area (Å²) in [6.07, 6.45) is 5.67. The quantitative estimate of drug-likeness (QED) is 0.733. The summed E-state index contributed by atoms with van der Waals surface area (Å²) in [7, 11) is 1.53. The zero-order valence-electron chi connectivity index (χ0n) is 8.75. The van der Waals surface area contributed by atoms with E-state index in [0.29, 0.717) is 17.0 Å². The summed E-state index contributed by atoms with van der Waals surface area (Å²) in [4.78, 5) is 19.0. The summed E-state index contributed by atoms with van der Waals surface area (Å²) < 4.78 is 5.15. The molecule has 2 heterocycles. The Morgan fingerprint density at radius 1 is 1.19 bits per heavy atom. The van der Waals surface area contributed by atoms with Gasteiger partial charge in [-0.15, -0.1) is 0 Å². The Bertz CT molecular complexity index is 498. The van der Waals surface area contributed by atoms with Crippen molar-refractivity contribution in [3.63, 3.8) is 0 Å². The van der Waals surface area contributed by atoms with Crippen molar-refractivity contribution in [3.8, 4) is 17.0 Å². The molecule has 0 unspecified atom stereocenters. The van der Waals surface area contributed by atoms with E-state index >= 15 is 0 Å². The highest BCUT2D eigenvalue weighted by atomic mass is 16.5. The minimum Gasteiger partial charge on any atom is -0.481 e. The summed E-state index contributed by atoms with van der Waals surface area (Å²) in [5, 5.41) is 0. The van der Waals surface area contributed by atoms with Crippen molar-refractivity contribution in [2.45, 2.75) is 0 Å². The van der Waals surface area contributed by atoms with E-state index in [9.17, 15) is 4.79 Å². The van der Waals surface area contributed by atoms with Gasteiger partial charge in [-0.2, -0.15) is 0 Å². The van der Waals surface area contributed by atoms with Gasteiger partial charge >= 0.3 is 0 Å². The molecule has 0 saturated heterocycles. The molecule has 0 amide bonds. The first kappa shape index (κ1) is 10.3. The van der Waals surface area contributed by atoms with E-state index in [0.717, 1.165) is 11.8 Å². The number of hydrogen-bond donors (Lipinski definition) is 0. The van der Waals surface area contributed by atoms with Crippen LogP contribution in [-0.4, -0.2) is 23.4 Å². The second kappa shape index (κ2) is 4.53. The molecule has 0 spiro atoms. The number of ether oxygens (including phenoxy) is 1. The Kier molecular flexibility index (Phi) is 2.91. The van der Waals surface area contributed by atoms with Gasteiger partial charge in [-0.1, -0.05) is 0 Å². The highest BCUT2D eigenvalue weighted by Gasteiger charge is 2.11. The van der Waals surface area contributed by atoms with E-state index in [-0.39, 0.29) is 0 Å². The van der Waals surface area contributed by atoms with E-state index in [1.807, 2.05) is 12.1 Å². The third kappa shape index (κ3) is 1.77. The molecule has 4 nitrogen and oxygen atoms in total. The fourth-order valence-electron chi connectivity index (χ4n) is 1.52. The lowest BCUT2D eigenvalue weighted by molar-refractivity contribution is 0.112. The summed E-state index contributed by atoms with van der Waals surface area (Å²) >= 11 is 0. The number of methoxy groups -OCH3 is 1. The van der Waals surface area contributed by atoms with E-state index in [1.165, 1.54) is 7.11 Å². The van der Waals surface area contributed by atoms with Crippen LogP contribution in [0.4, 0.5) is 0 Å². The lowest BCUT2D eigenvalue weighted by Crippen LogP contribution is -1.96. The molecular weight excluding hydrogens is 204 g/mol. The second-order valence-electron chi connectivity index (χ2n) is 3.14. The fourth-order valence-corrected chi connectivity index (χ4v) is 1.52. The topological polar surface area (TPSA) is 52.1 Å². The summed E-state index contributed by atoms with van der Waals surface area (Å²) in [5.41, 5.74) is 2.11. The molecule has 0 atom stereocenters. The monoisotopic (exact) mass is 214 g/mol. The van der Waals surface area contributed by atoms with Gasteiger partial charge in [0.1, 0.15) is 0 Å². The average molecular weight is 214 g/mol. The number of carbonyl (C=O) groups excluding carboxylic acids is 1. The van der Waals surface area contributed by atoms with Crippen LogP contribution in [0.15, 0.2) is 36.8 Å². The standard InChI is InChI=1S/C12H10N2O2/c1-16-12-11(9-2-5-13-6-3-9)10(8-15)4-7-14-12/h2-8H,1H3. The van der Waals surface area contributed by atoms with Crippen LogP contribution in [0, 0.1) is 0 Å². The van der Waals surface area contributed by atoms with Crippen LogP contribution in [-0.2, 0) is 0 Å². The summed E-state index contributed by atoms with van der Waals surface area (Å²) in [6.45, 7) is 0. The number of carbonyl (C=O) groups is 1. The number of rotatable bonds is 3. The van der Waals surface area contributed by atoms with E-state index in [2.05, 4.69) is 9.97 Å². The van der Waals surface area contributed by atoms with Crippen LogP contribution in [0.2, 0.25) is 0 Å². The van der Waals surface area contributed by atoms with Crippen molar-refractivity contribution in [2.24, 2.45) is 0 Å². The van der Waals surface area contributed by atoms with Crippen LogP contribution in [0.25, 0.3) is 11.1 Å². The molecule has 0 bridgehead atoms. The molecule has 16 heavy (non-hydrogen) atoms. The van der Waals surface area contributed by atoms with Gasteiger partial charge in [-0.25, -0.2) is 4.98 Å². The normalized spacial score (nSPS) is 9.81. The number of pyridine rings is 2. The molecule has 2 rings (SSSR count). The number of hydrogen-bond acceptors (Lipinski definition) is 4. The third-order valence-electron chi connectivity index (χ3n) is 2.24. The minimum atomic E-state index is 0.441. The Balaban J connectivity index is 2.66. The van der Waals surface area contributed by atoms with Gasteiger partial charge in [0.25, 0.3) is 0 Å². The van der Waals surface area contributed by atoms with Crippen molar-refractivity contribution >= 4 is 6.29 Å². The molecule has 0 fully saturated rings. The van der Waals surface area contributed by atoms with E-state index in [1.54, 1.807) is 24.7 Å². The van der Waals surface area contributed by atoms with Crippen LogP contribution >= 0.6 is 0 Å². The van der Waals surface area contributed by atoms with Gasteiger partial charge in [0.15, 0.2) is 6.29 Å². The van der Waals surface area contributed by atoms with Crippen molar-refractivity contribution in [1.29, 1.82) is 0 Å². The molecule has 80 valence electrons. The van der Waals surface area contributed by atoms with Gasteiger partial charge in [-0.3, -0.25) is 9.78 Å². The van der Waals surface area contributed by atoms with Crippen LogP contribution in [0.5, 0.6) is 5.88 Å². The Morgan fingerprint density at radius 2 is 1.94 bits per heavy atom. The lowest BCUT2D eigenvalue weighted by atomic mass is 10.0. The second-order valence-corrected chi connectivity index (χ2v) is 3.14. The molecule has 0 N–H and O–H groups in total. The highest BCUT2D eigenvalue weighted by molar-refractivity contribution is 5.89. The van der Waals surface area contributed by atoms with Crippen molar-refractivity contribution in [1.82, 2.24) is 9.97 Å². The van der Waals surface area contributed by atoms with Crippen molar-refractivity contribution in [2.75, 3.05) is 7.11 Å². The van der Waals surface area contributed by atoms with E-state index < -0.39 is 0 Å². The average Bonchev–Trinajstić information content (AvgIpc) is 2.38. The summed E-state index contributed by atoms with van der Waals surface area (Å²) in [6, 6.07) is 5.28. The Labute approximate surface area is 92.9 Å². The molecule has 0 saturated carbocycles. The van der Waals surface area contributed by atoms with E-state index in [4.69, 9.17) is 4.74 Å². The SMILES string of the molecule is COc1nccc(C=O)c1-c1ccncc1. The Morgan fingerprint density at radius 3 is 2.56 bits per heavy atom. The van der Waals surface area contributed by atoms with Gasteiger partial charge in [0.05, 0.1) is 12.7 Å². The van der Waals surface area contributed by atoms with Gasteiger partial charge in [-0.05, 0) is 23.8 Å². The molecule has 2 aromatic rings. The molecule has 2 aromatic heterocycles. The predicted octanol–water partition coefficient (Wildman–Crippen LogP) is 1.96. The first-order valence-corrected chi connectivity index (χ1v) is 4.75. The summed E-state index contributed by atoms with van der Waals surface area (Å²) in [5.74, 6) is 0.441. The number of aromatic nitrogens is 2. The smallest absolute Gasteiger partial charge is 0.221 e. The minimum absolute atomic E-state index is 0.441. The first-order chi connectivity index (χ1) is 7.86. The van der Waals surface area contributed by atoms with Crippen LogP contribution < -0.4 is 4.74 Å². The lowest BCUT2D eigenvalue weighted by Gasteiger charge is -2.08. The van der Waals surface area contributed by atoms with Crippen molar-refractivity contribution in [3.05, 3.63) is 42.4 Å². The maximum atomic E-state index is 11.0. The predicted molar refractivity (Wildman–Crippen MR) is 59.4 cm³/mol. The molecule has 0 aromatic carbocycles. The largest absolute Gasteiger partial charge is 0.481 e. The molecule has 0 radical (unpaired) electrons. The zero-order chi connectivity index (χ0) is 11.4. The maximum Gasteiger partial charge on any atom is 0.221 e. The van der Waals surface area contributed by atoms with Gasteiger partial charge in [0.2, 0.25) is 5.88 Å². The third-order valence-corrected chi connectivity index (χ3v) is 2.24. The van der Waals surface area contributed by atoms with Crippen LogP contribution in [0.1, 0.15) is 10.4 Å². The Hall–Kier alpha value is -2.23. The molecule has 4 heteroatoms. The fraction of sp³-hybridized carbons (Fsp3) is 0.0833. The highest BCUT2D eigenvalue weighted by Crippen LogP contribution is 2.29.